The van der Waals surface area contributed by atoms with Gasteiger partial charge in [-0.3, -0.25) is 95.9 Å². The molecule has 4 aliphatic heterocycles. The van der Waals surface area contributed by atoms with Crippen molar-refractivity contribution < 1.29 is 191 Å². The van der Waals surface area contributed by atoms with Crippen LogP contribution in [0.1, 0.15) is 244 Å². The van der Waals surface area contributed by atoms with Gasteiger partial charge in [-0.2, -0.15) is 0 Å². The fourth-order valence-electron chi connectivity index (χ4n) is 16.0. The molecule has 20 atom stereocenters. The van der Waals surface area contributed by atoms with Crippen LogP contribution >= 0.6 is 0 Å². The number of carbonyl (C=O) groups excluding carboxylic acids is 19. The van der Waals surface area contributed by atoms with Gasteiger partial charge in [-0.05, 0) is 70.6 Å². The Morgan fingerprint density at radius 2 is 0.517 bits per heavy atom. The lowest BCUT2D eigenvalue weighted by molar-refractivity contribution is -0.278. The molecule has 0 saturated carbocycles. The van der Waals surface area contributed by atoms with Crippen LogP contribution in [0.5, 0.6) is 0 Å². The molecule has 0 aliphatic carbocycles. The molecule has 0 bridgehead atoms. The topological polar surface area (TPSA) is 669 Å². The number of aliphatic carboxylic acids is 1. The van der Waals surface area contributed by atoms with Crippen molar-refractivity contribution in [3.63, 3.8) is 0 Å². The molecular weight excluding hydrogens is 1920 g/mol. The molecule has 0 aromatic carbocycles. The van der Waals surface area contributed by atoms with E-state index in [0.29, 0.717) is 64.2 Å². The van der Waals surface area contributed by atoms with E-state index in [2.05, 4.69) is 58.5 Å². The third-order valence-corrected chi connectivity index (χ3v) is 22.3. The highest BCUT2D eigenvalue weighted by molar-refractivity contribution is 5.80. The number of esters is 8. The van der Waals surface area contributed by atoms with Crippen molar-refractivity contribution in [3.05, 3.63) is 0 Å². The first-order valence-corrected chi connectivity index (χ1v) is 49.3. The SMILES string of the molecule is COC[C@H]1O[C@@H](OCCCCC(=O)NCCCNC(=O)CCO[C@H]2[C@H](OCCC(=O)NCCCNC(=O)CCCCO[C@@H]3O[C@H](COC(C)=O)[C@H](OC(C)=O)[C@H](OC(C)=O)[C@H]3NC(C)=O)[C@@H](NC(C)=O)[C@H](NC(=O)CCCCCCCCCCC(=O)O)O[C@@H]2COCCC(=O)NCCCNC(=O)CCCCO[C@@H]2O[C@H](COC(C)=O)[C@H](OC(C)=O)[C@H](OC(C)=O)[C@H]2NC(C)=O)[C@H](NC(C)=O)[C@@H](OC(C)=O)[C@H]1OC(C)=O. The van der Waals surface area contributed by atoms with Crippen LogP contribution in [0.2, 0.25) is 0 Å². The summed E-state index contributed by atoms with van der Waals surface area (Å²) < 4.78 is 110. The van der Waals surface area contributed by atoms with Crippen molar-refractivity contribution in [2.45, 2.75) is 366 Å². The van der Waals surface area contributed by atoms with E-state index in [1.54, 1.807) is 0 Å². The van der Waals surface area contributed by atoms with Gasteiger partial charge in [-0.25, -0.2) is 0 Å². The molecule has 4 rings (SSSR count). The van der Waals surface area contributed by atoms with Crippen LogP contribution in [-0.2, 0) is 186 Å². The minimum Gasteiger partial charge on any atom is -0.481 e. The number of nitrogens with one attached hydrogen (secondary N) is 11. The molecule has 824 valence electrons. The molecule has 51 nitrogen and oxygen atoms in total. The molecule has 0 aromatic heterocycles. The van der Waals surface area contributed by atoms with Crippen LogP contribution in [-0.4, -0.2) is 359 Å². The fourth-order valence-corrected chi connectivity index (χ4v) is 16.0. The van der Waals surface area contributed by atoms with E-state index in [4.69, 9.17) is 95.1 Å². The fraction of sp³-hybridized carbons (Fsp3) is 0.787. The zero-order chi connectivity index (χ0) is 107. The lowest BCUT2D eigenvalue weighted by atomic mass is 9.94. The number of carbonyl (C=O) groups is 20. The van der Waals surface area contributed by atoms with Crippen LogP contribution in [0.25, 0.3) is 0 Å². The molecule has 0 spiro atoms. The standard InChI is InChI=1S/C94H153N11O40/c1-55(106)101-79-87(130-50-38-76(123)100-44-30-41-97-73(120)33-24-27-47-133-94-82(104-58(4)109)90(141-66(12)117)86(138-63(9)114)70(145-94)54-135-60(6)111)83(129-49-37-75(122)99-43-29-40-96-72(119)31-22-25-45-131-92-80(102-56(2)107)88(139-64(10)115)84(136-61(7)112)67(143-92)51-127-13)68(142-91(79)105-77(124)34-20-18-16-14-15-17-19-21-35-78(125)126)52-128-48-36-74(121)98-42-28-39-95-71(118)32-23-26-46-132-93-81(103-57(3)108)89(140-65(11)116)85(137-62(8)113)69(144-93)53-134-59(5)110/h67-70,79-94H,14-54H2,1-13H3,(H,95,118)(H,96,119)(H,97,120)(H,98,121)(H,99,122)(H,100,123)(H,101,106)(H,102,107)(H,103,108)(H,104,109)(H,105,124)(H,125,126)/t67-,68-,69-,70-,79-,80-,81-,82-,83-,84+,85+,86+,87-,88-,89-,90-,91-,92-,93-,94-/m1/s1. The normalized spacial score (nSPS) is 23.6. The van der Waals surface area contributed by atoms with Crippen molar-refractivity contribution in [1.82, 2.24) is 58.5 Å². The van der Waals surface area contributed by atoms with E-state index in [9.17, 15) is 95.9 Å². The first-order valence-electron chi connectivity index (χ1n) is 49.3. The predicted octanol–water partition coefficient (Wildman–Crippen LogP) is -0.245. The third kappa shape index (κ3) is 53.8. The number of ether oxygens (including phenoxy) is 19. The van der Waals surface area contributed by atoms with E-state index in [1.807, 2.05) is 0 Å². The molecule has 51 heteroatoms. The van der Waals surface area contributed by atoms with Crippen molar-refractivity contribution in [2.24, 2.45) is 0 Å². The minimum atomic E-state index is -1.34. The van der Waals surface area contributed by atoms with Crippen molar-refractivity contribution >= 4 is 119 Å². The molecule has 11 amide bonds. The van der Waals surface area contributed by atoms with Crippen LogP contribution in [0, 0.1) is 0 Å². The zero-order valence-corrected chi connectivity index (χ0v) is 85.4. The number of rotatable bonds is 71. The summed E-state index contributed by atoms with van der Waals surface area (Å²) in [5.74, 6) is -11.8. The number of carboxylic acid groups (broad SMARTS) is 1. The summed E-state index contributed by atoms with van der Waals surface area (Å²) >= 11 is 0. The van der Waals surface area contributed by atoms with Gasteiger partial charge in [0.15, 0.2) is 61.7 Å². The molecule has 12 N–H and O–H groups in total. The lowest BCUT2D eigenvalue weighted by Gasteiger charge is -2.46. The zero-order valence-electron chi connectivity index (χ0n) is 85.4. The number of hydrogen-bond donors (Lipinski definition) is 12. The van der Waals surface area contributed by atoms with E-state index >= 15 is 0 Å². The van der Waals surface area contributed by atoms with Gasteiger partial charge in [0.05, 0.1) is 33.0 Å². The van der Waals surface area contributed by atoms with E-state index < -0.39 is 237 Å². The second-order valence-corrected chi connectivity index (χ2v) is 35.1. The Morgan fingerprint density at radius 1 is 0.241 bits per heavy atom. The largest absolute Gasteiger partial charge is 0.481 e. The van der Waals surface area contributed by atoms with Gasteiger partial charge < -0.3 is 154 Å². The summed E-state index contributed by atoms with van der Waals surface area (Å²) in [6.07, 6.45) is -11.6. The van der Waals surface area contributed by atoms with Gasteiger partial charge in [0.1, 0.15) is 74.0 Å². The second-order valence-electron chi connectivity index (χ2n) is 35.1. The van der Waals surface area contributed by atoms with E-state index in [0.717, 1.165) is 87.5 Å². The molecule has 4 heterocycles. The van der Waals surface area contributed by atoms with Gasteiger partial charge in [-0.1, -0.05) is 38.5 Å². The van der Waals surface area contributed by atoms with Crippen molar-refractivity contribution in [3.8, 4) is 0 Å². The summed E-state index contributed by atoms with van der Waals surface area (Å²) in [5, 5.41) is 39.4. The van der Waals surface area contributed by atoms with Gasteiger partial charge in [0, 0.05) is 201 Å². The smallest absolute Gasteiger partial charge is 0.303 e. The molecular formula is C94H153N11O40. The number of hydrogen-bond acceptors (Lipinski definition) is 39. The van der Waals surface area contributed by atoms with Gasteiger partial charge in [0.25, 0.3) is 0 Å². The summed E-state index contributed by atoms with van der Waals surface area (Å²) in [4.78, 5) is 252. The monoisotopic (exact) mass is 2080 g/mol. The first kappa shape index (κ1) is 126. The Morgan fingerprint density at radius 3 is 0.834 bits per heavy atom. The number of methoxy groups -OCH3 is 1. The van der Waals surface area contributed by atoms with E-state index in [1.165, 1.54) is 34.8 Å². The lowest BCUT2D eigenvalue weighted by Crippen LogP contribution is -2.69. The third-order valence-electron chi connectivity index (χ3n) is 22.3. The summed E-state index contributed by atoms with van der Waals surface area (Å²) in [6.45, 7) is 12.6. The Kier molecular flexibility index (Phi) is 62.2. The average molecular weight is 2080 g/mol. The van der Waals surface area contributed by atoms with Crippen LogP contribution in [0.3, 0.4) is 0 Å². The maximum absolute atomic E-state index is 14.0. The van der Waals surface area contributed by atoms with Crippen LogP contribution in [0.15, 0.2) is 0 Å². The number of unbranched alkanes of at least 4 members (excludes halogenated alkanes) is 10. The van der Waals surface area contributed by atoms with Gasteiger partial charge in [-0.15, -0.1) is 0 Å². The minimum absolute atomic E-state index is 0.0253. The quantitative estimate of drug-likeness (QED) is 0.0212. The highest BCUT2D eigenvalue weighted by atomic mass is 16.7. The van der Waals surface area contributed by atoms with Crippen LogP contribution in [0.4, 0.5) is 0 Å². The number of amides is 11. The predicted molar refractivity (Wildman–Crippen MR) is 501 cm³/mol. The summed E-state index contributed by atoms with van der Waals surface area (Å²) in [6, 6.07) is -4.71. The molecule has 0 unspecified atom stereocenters. The Bertz CT molecular complexity index is 4100. The number of carboxylic acids is 1. The molecule has 0 aromatic rings. The first-order chi connectivity index (χ1) is 69.0. The molecule has 4 aliphatic rings. The van der Waals surface area contributed by atoms with E-state index in [-0.39, 0.29) is 174 Å². The summed E-state index contributed by atoms with van der Waals surface area (Å²) in [7, 11) is 1.39. The van der Waals surface area contributed by atoms with Crippen molar-refractivity contribution in [1.29, 1.82) is 0 Å². The van der Waals surface area contributed by atoms with Crippen LogP contribution < -0.4 is 58.5 Å². The highest BCUT2D eigenvalue weighted by Crippen LogP contribution is 2.34. The Balaban J connectivity index is 1.44. The maximum Gasteiger partial charge on any atom is 0.303 e. The molecule has 145 heavy (non-hydrogen) atoms. The second kappa shape index (κ2) is 71.5. The van der Waals surface area contributed by atoms with Gasteiger partial charge in [0.2, 0.25) is 65.0 Å². The van der Waals surface area contributed by atoms with Crippen molar-refractivity contribution in [2.75, 3.05) is 112 Å². The highest BCUT2D eigenvalue weighted by Gasteiger charge is 2.55. The summed E-state index contributed by atoms with van der Waals surface area (Å²) in [5.41, 5.74) is 0. The molecule has 4 fully saturated rings. The van der Waals surface area contributed by atoms with Gasteiger partial charge >= 0.3 is 53.7 Å². The molecule has 4 saturated heterocycles. The molecule has 0 radical (unpaired) electrons. The Labute approximate surface area is 843 Å². The maximum atomic E-state index is 14.0. The Hall–Kier alpha value is -11.0. The average Bonchev–Trinajstić information content (AvgIpc) is 0.797.